The molecule has 1 unspecified atom stereocenters. The molecule has 0 amide bonds. The number of aromatic nitrogens is 6. The van der Waals surface area contributed by atoms with Gasteiger partial charge < -0.3 is 19.5 Å². The van der Waals surface area contributed by atoms with Crippen LogP contribution in [0.4, 0.5) is 5.82 Å². The van der Waals surface area contributed by atoms with Crippen molar-refractivity contribution in [2.45, 2.75) is 45.7 Å². The Kier molecular flexibility index (Phi) is 7.11. The molecule has 3 N–H and O–H groups in total. The van der Waals surface area contributed by atoms with E-state index in [1.165, 1.54) is 24.1 Å². The quantitative estimate of drug-likeness (QED) is 0.232. The number of aliphatic hydroxyl groups is 1. The zero-order chi connectivity index (χ0) is 25.0. The van der Waals surface area contributed by atoms with Crippen LogP contribution in [0.2, 0.25) is 0 Å². The molecule has 0 saturated heterocycles. The number of aryl methyl sites for hydroxylation is 1. The van der Waals surface area contributed by atoms with Gasteiger partial charge in [0, 0.05) is 18.5 Å². The summed E-state index contributed by atoms with van der Waals surface area (Å²) in [7, 11) is 2.19. The van der Waals surface area contributed by atoms with E-state index in [-0.39, 0.29) is 6.61 Å². The number of imidazole rings is 1. The SMILES string of the molecule is CCCCCc1nc2c(n1Cc1ccc(-c3ccccc3-c3nnn[nH]3)cc1)C[N+](C)(CCO)CN2. The van der Waals surface area contributed by atoms with Crippen molar-refractivity contribution in [2.75, 3.05) is 32.2 Å². The number of H-pyrrole nitrogens is 1. The second kappa shape index (κ2) is 10.6. The number of aromatic amines is 1. The lowest BCUT2D eigenvalue weighted by Crippen LogP contribution is -2.51. The van der Waals surface area contributed by atoms with Crippen molar-refractivity contribution < 1.29 is 9.59 Å². The van der Waals surface area contributed by atoms with Crippen LogP contribution < -0.4 is 5.32 Å². The van der Waals surface area contributed by atoms with E-state index in [1.54, 1.807) is 0 Å². The minimum atomic E-state index is 0.179. The first-order valence-electron chi connectivity index (χ1n) is 12.8. The van der Waals surface area contributed by atoms with Crippen molar-refractivity contribution in [2.24, 2.45) is 0 Å². The Morgan fingerprint density at radius 2 is 1.86 bits per heavy atom. The van der Waals surface area contributed by atoms with Gasteiger partial charge in [0.05, 0.1) is 13.7 Å². The van der Waals surface area contributed by atoms with E-state index in [1.807, 2.05) is 18.2 Å². The van der Waals surface area contributed by atoms with Crippen LogP contribution in [0.15, 0.2) is 48.5 Å². The van der Waals surface area contributed by atoms with Crippen molar-refractivity contribution in [3.8, 4) is 22.5 Å². The van der Waals surface area contributed by atoms with E-state index in [0.717, 1.165) is 72.0 Å². The fourth-order valence-electron chi connectivity index (χ4n) is 5.02. The highest BCUT2D eigenvalue weighted by atomic mass is 16.3. The van der Waals surface area contributed by atoms with Gasteiger partial charge in [-0.15, -0.1) is 5.10 Å². The summed E-state index contributed by atoms with van der Waals surface area (Å²) in [6, 6.07) is 16.9. The van der Waals surface area contributed by atoms with Gasteiger partial charge in [-0.1, -0.05) is 68.3 Å². The summed E-state index contributed by atoms with van der Waals surface area (Å²) in [6.45, 7) is 5.55. The van der Waals surface area contributed by atoms with E-state index in [0.29, 0.717) is 5.82 Å². The standard InChI is InChI=1S/C27H35N8O/c1-3-4-5-10-25-29-27-24(18-35(2,15-16-36)19-28-27)34(25)17-20-11-13-21(14-12-20)22-8-6-7-9-23(22)26-30-32-33-31-26/h6-9,11-14,28,36H,3-5,10,15-19H2,1-2H3,(H,30,31,32,33)/q+1. The van der Waals surface area contributed by atoms with Crippen molar-refractivity contribution in [1.82, 2.24) is 30.2 Å². The second-order valence-electron chi connectivity index (χ2n) is 9.92. The highest BCUT2D eigenvalue weighted by molar-refractivity contribution is 5.80. The number of benzene rings is 2. The third-order valence-electron chi connectivity index (χ3n) is 7.09. The number of nitrogens with zero attached hydrogens (tertiary/aromatic N) is 6. The van der Waals surface area contributed by atoms with Crippen LogP contribution in [-0.4, -0.2) is 66.6 Å². The molecule has 36 heavy (non-hydrogen) atoms. The fourth-order valence-corrected chi connectivity index (χ4v) is 5.02. The minimum Gasteiger partial charge on any atom is -0.391 e. The summed E-state index contributed by atoms with van der Waals surface area (Å²) in [5, 5.41) is 27.6. The molecular formula is C27H35N8O+. The van der Waals surface area contributed by atoms with E-state index in [9.17, 15) is 5.11 Å². The summed E-state index contributed by atoms with van der Waals surface area (Å²) in [5.41, 5.74) is 5.65. The molecule has 0 bridgehead atoms. The number of aliphatic hydroxyl groups excluding tert-OH is 1. The van der Waals surface area contributed by atoms with Crippen molar-refractivity contribution in [1.29, 1.82) is 0 Å². The largest absolute Gasteiger partial charge is 0.391 e. The topological polar surface area (TPSA) is 105 Å². The van der Waals surface area contributed by atoms with Crippen LogP contribution in [0.5, 0.6) is 0 Å². The van der Waals surface area contributed by atoms with Gasteiger partial charge in [-0.2, -0.15) is 0 Å². The molecule has 0 saturated carbocycles. The van der Waals surface area contributed by atoms with Crippen LogP contribution in [0.3, 0.4) is 0 Å². The Labute approximate surface area is 211 Å². The molecule has 0 radical (unpaired) electrons. The maximum absolute atomic E-state index is 9.61. The molecule has 0 fully saturated rings. The molecule has 188 valence electrons. The predicted molar refractivity (Wildman–Crippen MR) is 140 cm³/mol. The van der Waals surface area contributed by atoms with Gasteiger partial charge in [0.15, 0.2) is 18.3 Å². The molecule has 9 heteroatoms. The number of anilines is 1. The number of rotatable bonds is 10. The van der Waals surface area contributed by atoms with Crippen molar-refractivity contribution in [3.63, 3.8) is 0 Å². The third kappa shape index (κ3) is 5.03. The molecule has 2 aromatic carbocycles. The molecule has 4 aromatic rings. The molecule has 0 aliphatic carbocycles. The number of hydrogen-bond donors (Lipinski definition) is 3. The molecule has 1 aliphatic heterocycles. The van der Waals surface area contributed by atoms with Gasteiger partial charge in [0.1, 0.15) is 24.6 Å². The number of hydrogen-bond acceptors (Lipinski definition) is 6. The first-order valence-corrected chi connectivity index (χ1v) is 12.8. The second-order valence-corrected chi connectivity index (χ2v) is 9.92. The molecule has 2 aromatic heterocycles. The molecule has 1 aliphatic rings. The summed E-state index contributed by atoms with van der Waals surface area (Å²) in [4.78, 5) is 5.01. The van der Waals surface area contributed by atoms with Gasteiger partial charge >= 0.3 is 0 Å². The Morgan fingerprint density at radius 1 is 1.06 bits per heavy atom. The van der Waals surface area contributed by atoms with Gasteiger partial charge in [0.25, 0.3) is 0 Å². The molecule has 0 spiro atoms. The first kappa shape index (κ1) is 24.1. The smallest absolute Gasteiger partial charge is 0.180 e. The van der Waals surface area contributed by atoms with Gasteiger partial charge in [-0.3, -0.25) is 0 Å². The summed E-state index contributed by atoms with van der Waals surface area (Å²) in [5.74, 6) is 2.81. The minimum absolute atomic E-state index is 0.179. The first-order chi connectivity index (χ1) is 17.6. The molecule has 5 rings (SSSR count). The number of quaternary nitrogens is 1. The lowest BCUT2D eigenvalue weighted by atomic mass is 9.98. The number of tetrazole rings is 1. The van der Waals surface area contributed by atoms with Gasteiger partial charge in [0.2, 0.25) is 0 Å². The zero-order valence-electron chi connectivity index (χ0n) is 21.1. The van der Waals surface area contributed by atoms with Gasteiger partial charge in [-0.25, -0.2) is 10.1 Å². The number of nitrogens with one attached hydrogen (secondary N) is 2. The molecular weight excluding hydrogens is 452 g/mol. The van der Waals surface area contributed by atoms with Crippen LogP contribution in [-0.2, 0) is 19.5 Å². The van der Waals surface area contributed by atoms with E-state index >= 15 is 0 Å². The number of likely N-dealkylation sites (N-methyl/N-ethyl adjacent to an activating group) is 1. The Hall–Kier alpha value is -3.56. The summed E-state index contributed by atoms with van der Waals surface area (Å²) >= 11 is 0. The lowest BCUT2D eigenvalue weighted by Gasteiger charge is -2.37. The molecule has 3 heterocycles. The lowest BCUT2D eigenvalue weighted by molar-refractivity contribution is -0.921. The Morgan fingerprint density at radius 3 is 2.58 bits per heavy atom. The van der Waals surface area contributed by atoms with E-state index < -0.39 is 0 Å². The monoisotopic (exact) mass is 487 g/mol. The molecule has 1 atom stereocenters. The zero-order valence-corrected chi connectivity index (χ0v) is 21.1. The van der Waals surface area contributed by atoms with Crippen LogP contribution in [0.1, 0.15) is 43.3 Å². The van der Waals surface area contributed by atoms with Crippen LogP contribution >= 0.6 is 0 Å². The number of fused-ring (bicyclic) bond motifs is 1. The highest BCUT2D eigenvalue weighted by Gasteiger charge is 2.32. The maximum atomic E-state index is 9.61. The fraction of sp³-hybridized carbons (Fsp3) is 0.407. The van der Waals surface area contributed by atoms with Crippen molar-refractivity contribution >= 4 is 5.82 Å². The van der Waals surface area contributed by atoms with E-state index in [4.69, 9.17) is 4.98 Å². The van der Waals surface area contributed by atoms with Gasteiger partial charge in [-0.05, 0) is 33.5 Å². The summed E-state index contributed by atoms with van der Waals surface area (Å²) < 4.78 is 3.16. The maximum Gasteiger partial charge on any atom is 0.180 e. The highest BCUT2D eigenvalue weighted by Crippen LogP contribution is 2.31. The van der Waals surface area contributed by atoms with Crippen LogP contribution in [0, 0.1) is 0 Å². The molecule has 9 nitrogen and oxygen atoms in total. The Balaban J connectivity index is 1.43. The average molecular weight is 488 g/mol. The average Bonchev–Trinajstić information content (AvgIpc) is 3.54. The number of unbranched alkanes of at least 4 members (excludes halogenated alkanes) is 2. The van der Waals surface area contributed by atoms with Crippen molar-refractivity contribution in [3.05, 3.63) is 65.6 Å². The van der Waals surface area contributed by atoms with Crippen LogP contribution in [0.25, 0.3) is 22.5 Å². The Bertz CT molecular complexity index is 1280. The third-order valence-corrected chi connectivity index (χ3v) is 7.09. The predicted octanol–water partition coefficient (Wildman–Crippen LogP) is 3.83. The summed E-state index contributed by atoms with van der Waals surface area (Å²) in [6.07, 6.45) is 4.51. The normalized spacial score (nSPS) is 17.1. The van der Waals surface area contributed by atoms with E-state index in [2.05, 4.69) is 74.8 Å².